The van der Waals surface area contributed by atoms with Crippen molar-refractivity contribution in [3.05, 3.63) is 17.5 Å². The van der Waals surface area contributed by atoms with Gasteiger partial charge < -0.3 is 14.6 Å². The number of nitrogens with zero attached hydrogens (tertiary/aromatic N) is 1. The van der Waals surface area contributed by atoms with E-state index in [-0.39, 0.29) is 0 Å². The van der Waals surface area contributed by atoms with E-state index in [0.717, 1.165) is 37.6 Å². The van der Waals surface area contributed by atoms with Gasteiger partial charge in [-0.2, -0.15) is 0 Å². The molecule has 2 heterocycles. The minimum Gasteiger partial charge on any atom is -0.380 e. The summed E-state index contributed by atoms with van der Waals surface area (Å²) in [5, 5.41) is 7.46. The molecule has 0 spiro atoms. The molecule has 16 heavy (non-hydrogen) atoms. The largest absolute Gasteiger partial charge is 0.380 e. The number of aromatic nitrogens is 1. The molecule has 0 saturated carbocycles. The summed E-state index contributed by atoms with van der Waals surface area (Å²) in [7, 11) is 0. The average Bonchev–Trinajstić information content (AvgIpc) is 2.76. The van der Waals surface area contributed by atoms with Gasteiger partial charge in [-0.25, -0.2) is 0 Å². The van der Waals surface area contributed by atoms with Crippen LogP contribution >= 0.6 is 0 Å². The number of hydrogen-bond acceptors (Lipinski definition) is 4. The zero-order valence-corrected chi connectivity index (χ0v) is 10.0. The Morgan fingerprint density at radius 1 is 1.56 bits per heavy atom. The summed E-state index contributed by atoms with van der Waals surface area (Å²) in [6, 6.07) is 2.49. The Balaban J connectivity index is 1.79. The van der Waals surface area contributed by atoms with Crippen LogP contribution in [0.3, 0.4) is 0 Å². The fourth-order valence-electron chi connectivity index (χ4n) is 1.83. The van der Waals surface area contributed by atoms with Crippen LogP contribution in [0.15, 0.2) is 10.6 Å². The van der Waals surface area contributed by atoms with Crippen molar-refractivity contribution in [1.29, 1.82) is 0 Å². The van der Waals surface area contributed by atoms with Crippen molar-refractivity contribution in [2.24, 2.45) is 0 Å². The second kappa shape index (κ2) is 5.46. The normalized spacial score (nSPS) is 21.6. The van der Waals surface area contributed by atoms with Crippen molar-refractivity contribution in [2.75, 3.05) is 13.2 Å². The van der Waals surface area contributed by atoms with Crippen LogP contribution in [-0.4, -0.2) is 24.4 Å². The van der Waals surface area contributed by atoms with Crippen LogP contribution in [0.1, 0.15) is 44.1 Å². The summed E-state index contributed by atoms with van der Waals surface area (Å²) >= 11 is 0. The molecule has 1 aliphatic rings. The highest BCUT2D eigenvalue weighted by atomic mass is 16.5. The van der Waals surface area contributed by atoms with Gasteiger partial charge in [-0.15, -0.1) is 0 Å². The van der Waals surface area contributed by atoms with Gasteiger partial charge in [0, 0.05) is 18.7 Å². The number of ether oxygens (including phenoxy) is 1. The van der Waals surface area contributed by atoms with Crippen LogP contribution < -0.4 is 5.32 Å². The summed E-state index contributed by atoms with van der Waals surface area (Å²) in [6.07, 6.45) is 2.33. The predicted octanol–water partition coefficient (Wildman–Crippen LogP) is 2.07. The van der Waals surface area contributed by atoms with Crippen molar-refractivity contribution in [2.45, 2.75) is 45.2 Å². The Morgan fingerprint density at radius 2 is 2.44 bits per heavy atom. The van der Waals surface area contributed by atoms with Gasteiger partial charge in [-0.3, -0.25) is 0 Å². The van der Waals surface area contributed by atoms with Crippen molar-refractivity contribution in [3.8, 4) is 0 Å². The highest BCUT2D eigenvalue weighted by molar-refractivity contribution is 5.08. The number of hydrogen-bond donors (Lipinski definition) is 1. The van der Waals surface area contributed by atoms with Crippen LogP contribution in [0, 0.1) is 0 Å². The smallest absolute Gasteiger partial charge is 0.150 e. The molecule has 0 amide bonds. The van der Waals surface area contributed by atoms with Gasteiger partial charge in [0.15, 0.2) is 5.76 Å². The van der Waals surface area contributed by atoms with E-state index in [4.69, 9.17) is 9.26 Å². The van der Waals surface area contributed by atoms with Crippen LogP contribution in [0.5, 0.6) is 0 Å². The molecule has 0 bridgehead atoms. The molecular weight excluding hydrogens is 204 g/mol. The van der Waals surface area contributed by atoms with E-state index in [9.17, 15) is 0 Å². The Labute approximate surface area is 96.3 Å². The second-order valence-corrected chi connectivity index (χ2v) is 4.67. The van der Waals surface area contributed by atoms with Gasteiger partial charge >= 0.3 is 0 Å². The molecule has 0 aliphatic carbocycles. The molecule has 1 fully saturated rings. The Morgan fingerprint density at radius 3 is 3.06 bits per heavy atom. The molecule has 2 rings (SSSR count). The minimum atomic E-state index is 0.426. The third-order valence-corrected chi connectivity index (χ3v) is 2.89. The van der Waals surface area contributed by atoms with Crippen molar-refractivity contribution in [3.63, 3.8) is 0 Å². The molecule has 0 aromatic carbocycles. The zero-order chi connectivity index (χ0) is 11.4. The highest BCUT2D eigenvalue weighted by Crippen LogP contribution is 2.14. The first kappa shape index (κ1) is 11.6. The van der Waals surface area contributed by atoms with Crippen LogP contribution in [0.4, 0.5) is 0 Å². The Bertz CT molecular complexity index is 317. The quantitative estimate of drug-likeness (QED) is 0.850. The first-order valence-corrected chi connectivity index (χ1v) is 6.02. The van der Waals surface area contributed by atoms with Crippen LogP contribution in [0.25, 0.3) is 0 Å². The van der Waals surface area contributed by atoms with E-state index < -0.39 is 0 Å². The summed E-state index contributed by atoms with van der Waals surface area (Å²) < 4.78 is 10.7. The van der Waals surface area contributed by atoms with Gasteiger partial charge in [0.2, 0.25) is 0 Å². The maximum Gasteiger partial charge on any atom is 0.150 e. The van der Waals surface area contributed by atoms with E-state index in [1.165, 1.54) is 6.42 Å². The van der Waals surface area contributed by atoms with E-state index in [0.29, 0.717) is 12.0 Å². The minimum absolute atomic E-state index is 0.426. The van der Waals surface area contributed by atoms with Crippen LogP contribution in [-0.2, 0) is 11.3 Å². The summed E-state index contributed by atoms with van der Waals surface area (Å²) in [5.41, 5.74) is 1.02. The molecule has 0 radical (unpaired) electrons. The van der Waals surface area contributed by atoms with Crippen molar-refractivity contribution < 1.29 is 9.26 Å². The topological polar surface area (TPSA) is 47.3 Å². The molecule has 1 N–H and O–H groups in total. The van der Waals surface area contributed by atoms with Crippen molar-refractivity contribution in [1.82, 2.24) is 10.5 Å². The first-order chi connectivity index (χ1) is 7.75. The molecule has 1 aromatic heterocycles. The van der Waals surface area contributed by atoms with Gasteiger partial charge in [0.05, 0.1) is 18.8 Å². The maximum absolute atomic E-state index is 5.41. The van der Waals surface area contributed by atoms with Gasteiger partial charge in [-0.05, 0) is 18.8 Å². The summed E-state index contributed by atoms with van der Waals surface area (Å²) in [5.74, 6) is 1.34. The molecule has 4 nitrogen and oxygen atoms in total. The lowest BCUT2D eigenvalue weighted by molar-refractivity contribution is 0.0691. The molecule has 1 saturated heterocycles. The third kappa shape index (κ3) is 3.06. The van der Waals surface area contributed by atoms with E-state index in [1.807, 2.05) is 6.07 Å². The molecule has 1 unspecified atom stereocenters. The second-order valence-electron chi connectivity index (χ2n) is 4.67. The standard InChI is InChI=1S/C12H20N2O2/c1-9(2)12-6-11(16-14-12)7-13-10-4-3-5-15-8-10/h6,9-10,13H,3-5,7-8H2,1-2H3. The van der Waals surface area contributed by atoms with E-state index in [2.05, 4.69) is 24.3 Å². The summed E-state index contributed by atoms with van der Waals surface area (Å²) in [6.45, 7) is 6.69. The van der Waals surface area contributed by atoms with Crippen molar-refractivity contribution >= 4 is 0 Å². The lowest BCUT2D eigenvalue weighted by Crippen LogP contribution is -2.36. The Hall–Kier alpha value is -0.870. The first-order valence-electron chi connectivity index (χ1n) is 6.02. The van der Waals surface area contributed by atoms with E-state index >= 15 is 0 Å². The lowest BCUT2D eigenvalue weighted by Gasteiger charge is -2.22. The molecule has 1 aromatic rings. The van der Waals surface area contributed by atoms with Crippen LogP contribution in [0.2, 0.25) is 0 Å². The fraction of sp³-hybridized carbons (Fsp3) is 0.750. The molecular formula is C12H20N2O2. The van der Waals surface area contributed by atoms with Gasteiger partial charge in [0.1, 0.15) is 0 Å². The summed E-state index contributed by atoms with van der Waals surface area (Å²) in [4.78, 5) is 0. The number of nitrogens with one attached hydrogen (secondary N) is 1. The number of rotatable bonds is 4. The SMILES string of the molecule is CC(C)c1cc(CNC2CCCOC2)on1. The van der Waals surface area contributed by atoms with Gasteiger partial charge in [0.25, 0.3) is 0 Å². The molecule has 4 heteroatoms. The van der Waals surface area contributed by atoms with E-state index in [1.54, 1.807) is 0 Å². The lowest BCUT2D eigenvalue weighted by atomic mass is 10.1. The fourth-order valence-corrected chi connectivity index (χ4v) is 1.83. The third-order valence-electron chi connectivity index (χ3n) is 2.89. The molecule has 90 valence electrons. The molecule has 1 atom stereocenters. The Kier molecular flexibility index (Phi) is 3.96. The highest BCUT2D eigenvalue weighted by Gasteiger charge is 2.14. The maximum atomic E-state index is 5.41. The zero-order valence-electron chi connectivity index (χ0n) is 10.0. The monoisotopic (exact) mass is 224 g/mol. The average molecular weight is 224 g/mol. The predicted molar refractivity (Wildman–Crippen MR) is 61.3 cm³/mol. The molecule has 1 aliphatic heterocycles. The van der Waals surface area contributed by atoms with Gasteiger partial charge in [-0.1, -0.05) is 19.0 Å².